The van der Waals surface area contributed by atoms with Crippen LogP contribution in [0.25, 0.3) is 11.6 Å². The third kappa shape index (κ3) is 2.39. The maximum absolute atomic E-state index is 13.7. The second-order valence-electron chi connectivity index (χ2n) is 4.66. The first-order valence-electron chi connectivity index (χ1n) is 6.54. The number of ether oxygens (including phenoxy) is 2. The fourth-order valence-corrected chi connectivity index (χ4v) is 2.37. The first-order chi connectivity index (χ1) is 9.78. The molecule has 0 aliphatic carbocycles. The van der Waals surface area contributed by atoms with Crippen LogP contribution < -0.4 is 9.47 Å². The van der Waals surface area contributed by atoms with Crippen LogP contribution in [0.4, 0.5) is 4.39 Å². The highest BCUT2D eigenvalue weighted by Crippen LogP contribution is 2.38. The summed E-state index contributed by atoms with van der Waals surface area (Å²) < 4.78 is 24.3. The molecule has 3 rings (SSSR count). The van der Waals surface area contributed by atoms with E-state index in [2.05, 4.69) is 6.08 Å². The van der Waals surface area contributed by atoms with Crippen LogP contribution in [-0.2, 0) is 0 Å². The van der Waals surface area contributed by atoms with E-state index in [4.69, 9.17) is 9.47 Å². The lowest BCUT2D eigenvalue weighted by Gasteiger charge is -2.21. The van der Waals surface area contributed by atoms with Crippen molar-refractivity contribution in [2.75, 3.05) is 13.7 Å². The Morgan fingerprint density at radius 2 is 2.00 bits per heavy atom. The van der Waals surface area contributed by atoms with Gasteiger partial charge in [0.15, 0.2) is 11.6 Å². The Kier molecular flexibility index (Phi) is 3.42. The minimum absolute atomic E-state index is 0.244. The zero-order valence-corrected chi connectivity index (χ0v) is 11.2. The molecule has 3 heteroatoms. The molecule has 0 atom stereocenters. The molecular formula is C17H15FO2. The van der Waals surface area contributed by atoms with Crippen molar-refractivity contribution in [1.82, 2.24) is 0 Å². The topological polar surface area (TPSA) is 18.5 Å². The summed E-state index contributed by atoms with van der Waals surface area (Å²) >= 11 is 0. The number of methoxy groups -OCH3 is 1. The average molecular weight is 270 g/mol. The number of hydrogen-bond donors (Lipinski definition) is 0. The van der Waals surface area contributed by atoms with Crippen molar-refractivity contribution in [3.05, 3.63) is 59.4 Å². The van der Waals surface area contributed by atoms with Gasteiger partial charge in [0.25, 0.3) is 0 Å². The van der Waals surface area contributed by atoms with E-state index >= 15 is 0 Å². The van der Waals surface area contributed by atoms with Gasteiger partial charge in [0.2, 0.25) is 0 Å². The summed E-state index contributed by atoms with van der Waals surface area (Å²) in [7, 11) is 1.47. The van der Waals surface area contributed by atoms with E-state index in [1.807, 2.05) is 30.3 Å². The fraction of sp³-hybridized carbons (Fsp3) is 0.176. The van der Waals surface area contributed by atoms with E-state index in [9.17, 15) is 4.39 Å². The highest BCUT2D eigenvalue weighted by Gasteiger charge is 2.19. The van der Waals surface area contributed by atoms with Crippen molar-refractivity contribution in [3.8, 4) is 11.5 Å². The third-order valence-electron chi connectivity index (χ3n) is 3.37. The van der Waals surface area contributed by atoms with E-state index < -0.39 is 5.82 Å². The van der Waals surface area contributed by atoms with Gasteiger partial charge in [-0.15, -0.1) is 0 Å². The van der Waals surface area contributed by atoms with Crippen molar-refractivity contribution < 1.29 is 13.9 Å². The van der Waals surface area contributed by atoms with E-state index in [1.54, 1.807) is 6.07 Å². The van der Waals surface area contributed by atoms with Crippen molar-refractivity contribution in [1.29, 1.82) is 0 Å². The third-order valence-corrected chi connectivity index (χ3v) is 3.37. The first-order valence-corrected chi connectivity index (χ1v) is 6.54. The van der Waals surface area contributed by atoms with Crippen LogP contribution in [0.3, 0.4) is 0 Å². The van der Waals surface area contributed by atoms with E-state index in [0.29, 0.717) is 12.4 Å². The van der Waals surface area contributed by atoms with Gasteiger partial charge in [-0.05, 0) is 17.2 Å². The van der Waals surface area contributed by atoms with E-state index in [1.165, 1.54) is 13.2 Å². The van der Waals surface area contributed by atoms with Gasteiger partial charge in [-0.1, -0.05) is 36.4 Å². The fourth-order valence-electron chi connectivity index (χ4n) is 2.37. The van der Waals surface area contributed by atoms with Gasteiger partial charge in [-0.3, -0.25) is 0 Å². The molecule has 0 unspecified atom stereocenters. The molecular weight excluding hydrogens is 255 g/mol. The Hall–Kier alpha value is -2.29. The normalized spacial score (nSPS) is 15.6. The van der Waals surface area contributed by atoms with Gasteiger partial charge in [-0.2, -0.15) is 0 Å². The summed E-state index contributed by atoms with van der Waals surface area (Å²) in [6.07, 6.45) is 2.91. The molecule has 2 aromatic rings. The van der Waals surface area contributed by atoms with Gasteiger partial charge < -0.3 is 9.47 Å². The largest absolute Gasteiger partial charge is 0.494 e. The minimum Gasteiger partial charge on any atom is -0.494 e. The van der Waals surface area contributed by atoms with Crippen LogP contribution in [0.15, 0.2) is 42.5 Å². The number of benzene rings is 2. The number of fused-ring (bicyclic) bond motifs is 1. The molecule has 0 saturated carbocycles. The maximum Gasteiger partial charge on any atom is 0.168 e. The predicted octanol–water partition coefficient (Wildman–Crippen LogP) is 4.16. The monoisotopic (exact) mass is 270 g/mol. The highest BCUT2D eigenvalue weighted by molar-refractivity contribution is 5.85. The maximum atomic E-state index is 13.7. The van der Waals surface area contributed by atoms with Crippen LogP contribution in [-0.4, -0.2) is 13.7 Å². The second kappa shape index (κ2) is 5.37. The Bertz CT molecular complexity index is 648. The minimum atomic E-state index is -0.396. The quantitative estimate of drug-likeness (QED) is 0.816. The molecule has 0 fully saturated rings. The Balaban J connectivity index is 2.07. The van der Waals surface area contributed by atoms with Gasteiger partial charge in [0.05, 0.1) is 13.7 Å². The SMILES string of the molecule is COc1cc2c(cc1F)OCCC2=Cc1ccccc1. The molecule has 1 aliphatic heterocycles. The summed E-state index contributed by atoms with van der Waals surface area (Å²) in [5.74, 6) is 0.428. The summed E-state index contributed by atoms with van der Waals surface area (Å²) in [5.41, 5.74) is 3.16. The zero-order chi connectivity index (χ0) is 13.9. The number of hydrogen-bond acceptors (Lipinski definition) is 2. The van der Waals surface area contributed by atoms with Crippen LogP contribution in [0, 0.1) is 5.82 Å². The lowest BCUT2D eigenvalue weighted by molar-refractivity contribution is 0.311. The molecule has 0 N–H and O–H groups in total. The molecule has 20 heavy (non-hydrogen) atoms. The average Bonchev–Trinajstić information content (AvgIpc) is 2.48. The molecule has 102 valence electrons. The molecule has 2 nitrogen and oxygen atoms in total. The van der Waals surface area contributed by atoms with Gasteiger partial charge in [0, 0.05) is 18.1 Å². The zero-order valence-electron chi connectivity index (χ0n) is 11.2. The molecule has 1 aliphatic rings. The number of rotatable bonds is 2. The predicted molar refractivity (Wildman–Crippen MR) is 77.4 cm³/mol. The van der Waals surface area contributed by atoms with Crippen molar-refractivity contribution in [2.24, 2.45) is 0 Å². The Morgan fingerprint density at radius 3 is 2.75 bits per heavy atom. The van der Waals surface area contributed by atoms with Crippen LogP contribution in [0.5, 0.6) is 11.5 Å². The molecule has 0 amide bonds. The standard InChI is InChI=1S/C17H15FO2/c1-19-17-10-14-13(9-12-5-3-2-4-6-12)7-8-20-16(14)11-15(17)18/h2-6,9-11H,7-8H2,1H3. The summed E-state index contributed by atoms with van der Waals surface area (Å²) in [6.45, 7) is 0.567. The van der Waals surface area contributed by atoms with E-state index in [0.717, 1.165) is 23.1 Å². The second-order valence-corrected chi connectivity index (χ2v) is 4.66. The van der Waals surface area contributed by atoms with E-state index in [-0.39, 0.29) is 5.75 Å². The lowest BCUT2D eigenvalue weighted by Crippen LogP contribution is -2.08. The van der Waals surface area contributed by atoms with Crippen molar-refractivity contribution in [2.45, 2.75) is 6.42 Å². The molecule has 1 heterocycles. The highest BCUT2D eigenvalue weighted by atomic mass is 19.1. The van der Waals surface area contributed by atoms with Crippen molar-refractivity contribution >= 4 is 11.6 Å². The Labute approximate surface area is 117 Å². The molecule has 0 bridgehead atoms. The van der Waals surface area contributed by atoms with Crippen LogP contribution in [0.2, 0.25) is 0 Å². The molecule has 2 aromatic carbocycles. The lowest BCUT2D eigenvalue weighted by atomic mass is 9.97. The molecule has 0 saturated heterocycles. The molecule has 0 aromatic heterocycles. The molecule has 0 spiro atoms. The summed E-state index contributed by atoms with van der Waals surface area (Å²) in [4.78, 5) is 0. The smallest absolute Gasteiger partial charge is 0.168 e. The summed E-state index contributed by atoms with van der Waals surface area (Å²) in [6, 6.07) is 13.2. The number of halogens is 1. The van der Waals surface area contributed by atoms with Crippen LogP contribution >= 0.6 is 0 Å². The van der Waals surface area contributed by atoms with Crippen LogP contribution in [0.1, 0.15) is 17.5 Å². The van der Waals surface area contributed by atoms with Gasteiger partial charge in [-0.25, -0.2) is 4.39 Å². The molecule has 0 radical (unpaired) electrons. The summed E-state index contributed by atoms with van der Waals surface area (Å²) in [5, 5.41) is 0. The van der Waals surface area contributed by atoms with Crippen molar-refractivity contribution in [3.63, 3.8) is 0 Å². The van der Waals surface area contributed by atoms with Gasteiger partial charge in [0.1, 0.15) is 5.75 Å². The Morgan fingerprint density at radius 1 is 1.20 bits per heavy atom. The van der Waals surface area contributed by atoms with Gasteiger partial charge >= 0.3 is 0 Å². The first kappa shape index (κ1) is 12.7.